The van der Waals surface area contributed by atoms with Crippen molar-refractivity contribution in [2.75, 3.05) is 26.3 Å². The average Bonchev–Trinajstić information content (AvgIpc) is 3.42. The van der Waals surface area contributed by atoms with Crippen LogP contribution in [-0.4, -0.2) is 94.7 Å². The number of hydrogen-bond donors (Lipinski definition) is 6. The van der Waals surface area contributed by atoms with Gasteiger partial charge in [-0.25, -0.2) is 19.4 Å². The third-order valence-corrected chi connectivity index (χ3v) is 6.25. The number of rotatable bonds is 15. The second-order valence-electron chi connectivity index (χ2n) is 9.86. The van der Waals surface area contributed by atoms with Crippen LogP contribution in [-0.2, 0) is 19.1 Å². The Bertz CT molecular complexity index is 1010. The van der Waals surface area contributed by atoms with Crippen LogP contribution in [0, 0.1) is 0 Å². The van der Waals surface area contributed by atoms with Crippen LogP contribution in [0.3, 0.4) is 0 Å². The Morgan fingerprint density at radius 3 is 1.89 bits per heavy atom. The number of nitrogens with two attached hydrogens (primary N) is 3. The van der Waals surface area contributed by atoms with Crippen molar-refractivity contribution in [3.63, 3.8) is 0 Å². The lowest BCUT2D eigenvalue weighted by Gasteiger charge is -2.30. The molecule has 2 aliphatic heterocycles. The van der Waals surface area contributed by atoms with Crippen LogP contribution in [0.2, 0.25) is 0 Å². The number of allylic oxidation sites excluding steroid dienone is 1. The van der Waals surface area contributed by atoms with E-state index in [1.165, 1.54) is 6.42 Å². The van der Waals surface area contributed by atoms with Crippen molar-refractivity contribution in [2.45, 2.75) is 95.4 Å². The van der Waals surface area contributed by atoms with Gasteiger partial charge in [0.2, 0.25) is 0 Å². The van der Waals surface area contributed by atoms with Crippen molar-refractivity contribution in [1.29, 1.82) is 0 Å². The quantitative estimate of drug-likeness (QED) is 0.0490. The maximum Gasteiger partial charge on any atom is 0.490 e. The summed E-state index contributed by atoms with van der Waals surface area (Å²) < 4.78 is 69.1. The van der Waals surface area contributed by atoms with Crippen LogP contribution in [0.25, 0.3) is 0 Å². The maximum absolute atomic E-state index is 12.9. The molecule has 0 aromatic heterocycles. The zero-order valence-electron chi connectivity index (χ0n) is 24.7. The number of carboxylic acids is 2. The standard InChI is InChI=1S/C22H40N6O3.2C2HF3O2/c23-21(24)26-13-7-9-16-31-20(30)19-17(11-6-4-2-1-3-5-8-15-29)27-22(25)28-14-10-12-18(19)28;2*3-2(4,5)1(6)7/h17,29H,1-16H2,(H2,25,27)(H4,23,24,26);2*(H,6,7)/t17-;;/m1../s1. The van der Waals surface area contributed by atoms with Gasteiger partial charge in [-0.15, -0.1) is 0 Å². The Kier molecular flexibility index (Phi) is 19.3. The molecule has 2 heterocycles. The number of carboxylic acid groups (broad SMARTS) is 2. The van der Waals surface area contributed by atoms with E-state index < -0.39 is 24.3 Å². The number of alkyl halides is 6. The number of guanidine groups is 2. The predicted molar refractivity (Wildman–Crippen MR) is 151 cm³/mol. The van der Waals surface area contributed by atoms with Gasteiger partial charge in [0.15, 0.2) is 11.9 Å². The fraction of sp³-hybridized carbons (Fsp3) is 0.731. The van der Waals surface area contributed by atoms with Crippen molar-refractivity contribution in [2.24, 2.45) is 27.2 Å². The third-order valence-electron chi connectivity index (χ3n) is 6.25. The molecule has 9 N–H and O–H groups in total. The lowest BCUT2D eigenvalue weighted by molar-refractivity contribution is -0.193. The van der Waals surface area contributed by atoms with Gasteiger partial charge < -0.3 is 42.2 Å². The number of halogens is 6. The molecule has 0 aromatic carbocycles. The van der Waals surface area contributed by atoms with E-state index in [2.05, 4.69) is 9.98 Å². The first kappa shape index (κ1) is 41.2. The minimum Gasteiger partial charge on any atom is -0.475 e. The maximum atomic E-state index is 12.9. The monoisotopic (exact) mass is 664 g/mol. The van der Waals surface area contributed by atoms with Crippen molar-refractivity contribution in [3.05, 3.63) is 11.3 Å². The van der Waals surface area contributed by atoms with E-state index in [0.29, 0.717) is 31.1 Å². The second kappa shape index (κ2) is 21.1. The zero-order valence-corrected chi connectivity index (χ0v) is 24.7. The Morgan fingerprint density at radius 1 is 0.889 bits per heavy atom. The smallest absolute Gasteiger partial charge is 0.475 e. The molecule has 0 bridgehead atoms. The molecule has 1 atom stereocenters. The van der Waals surface area contributed by atoms with Crippen LogP contribution < -0.4 is 17.2 Å². The molecule has 0 radical (unpaired) electrons. The minimum absolute atomic E-state index is 0.0796. The number of aliphatic imine (C=N–C) groups is 2. The van der Waals surface area contributed by atoms with Gasteiger partial charge in [-0.05, 0) is 38.5 Å². The predicted octanol–water partition coefficient (Wildman–Crippen LogP) is 3.01. The first-order chi connectivity index (χ1) is 20.9. The molecule has 19 heteroatoms. The molecule has 1 saturated heterocycles. The minimum atomic E-state index is -5.08. The van der Waals surface area contributed by atoms with Gasteiger partial charge in [-0.2, -0.15) is 26.3 Å². The van der Waals surface area contributed by atoms with Crippen molar-refractivity contribution in [3.8, 4) is 0 Å². The van der Waals surface area contributed by atoms with E-state index in [1.807, 2.05) is 4.90 Å². The number of aliphatic hydroxyl groups is 1. The SMILES string of the molecule is NC(N)=NCCCCOC(=O)C1=C2CCCN2C(N)=N[C@@H]1CCCCCCCCCO.O=C(O)C(F)(F)F.O=C(O)C(F)(F)F. The number of nitrogens with zero attached hydrogens (tertiary/aromatic N) is 3. The van der Waals surface area contributed by atoms with E-state index in [0.717, 1.165) is 76.5 Å². The van der Waals surface area contributed by atoms with Crippen molar-refractivity contribution in [1.82, 2.24) is 4.90 Å². The molecule has 0 spiro atoms. The summed E-state index contributed by atoms with van der Waals surface area (Å²) in [6.07, 6.45) is 1.52. The number of esters is 1. The van der Waals surface area contributed by atoms with Crippen LogP contribution in [0.15, 0.2) is 21.3 Å². The number of carbonyl (C=O) groups excluding carboxylic acids is 1. The summed E-state index contributed by atoms with van der Waals surface area (Å²) in [6.45, 7) is 1.96. The summed E-state index contributed by atoms with van der Waals surface area (Å²) in [5.41, 5.74) is 18.5. The molecule has 260 valence electrons. The molecule has 2 aliphatic rings. The topological polar surface area (TPSA) is 227 Å². The first-order valence-corrected chi connectivity index (χ1v) is 14.2. The van der Waals surface area contributed by atoms with E-state index in [9.17, 15) is 31.1 Å². The molecule has 0 aromatic rings. The highest BCUT2D eigenvalue weighted by Crippen LogP contribution is 2.33. The number of aliphatic carboxylic acids is 2. The van der Waals surface area contributed by atoms with Crippen LogP contribution >= 0.6 is 0 Å². The van der Waals surface area contributed by atoms with Gasteiger partial charge in [0.25, 0.3) is 0 Å². The van der Waals surface area contributed by atoms with Crippen LogP contribution in [0.1, 0.15) is 77.0 Å². The highest BCUT2D eigenvalue weighted by molar-refractivity contribution is 5.95. The van der Waals surface area contributed by atoms with E-state index in [4.69, 9.17) is 46.8 Å². The number of unbranched alkanes of at least 4 members (excludes halogenated alkanes) is 7. The lowest BCUT2D eigenvalue weighted by atomic mass is 9.96. The molecular formula is C26H42F6N6O7. The van der Waals surface area contributed by atoms with Crippen molar-refractivity contribution < 1.29 is 60.8 Å². The number of hydrogen-bond acceptors (Lipinski definition) is 9. The fourth-order valence-corrected chi connectivity index (χ4v) is 4.15. The molecule has 0 amide bonds. The molecule has 0 saturated carbocycles. The average molecular weight is 665 g/mol. The van der Waals surface area contributed by atoms with Gasteiger partial charge in [-0.3, -0.25) is 4.99 Å². The number of ether oxygens (including phenoxy) is 1. The molecule has 0 aliphatic carbocycles. The summed E-state index contributed by atoms with van der Waals surface area (Å²) in [4.78, 5) is 41.3. The van der Waals surface area contributed by atoms with Gasteiger partial charge in [0.1, 0.15) is 0 Å². The zero-order chi connectivity index (χ0) is 34.6. The van der Waals surface area contributed by atoms with Gasteiger partial charge >= 0.3 is 30.3 Å². The summed E-state index contributed by atoms with van der Waals surface area (Å²) >= 11 is 0. The van der Waals surface area contributed by atoms with E-state index >= 15 is 0 Å². The highest BCUT2D eigenvalue weighted by Gasteiger charge is 2.39. The Labute approximate surface area is 256 Å². The Balaban J connectivity index is 0.00000114. The molecule has 1 fully saturated rings. The van der Waals surface area contributed by atoms with E-state index in [1.54, 1.807) is 0 Å². The number of carbonyl (C=O) groups is 3. The van der Waals surface area contributed by atoms with Gasteiger partial charge in [0, 0.05) is 25.4 Å². The Morgan fingerprint density at radius 2 is 1.40 bits per heavy atom. The summed E-state index contributed by atoms with van der Waals surface area (Å²) in [7, 11) is 0. The summed E-state index contributed by atoms with van der Waals surface area (Å²) in [5, 5.41) is 23.1. The molecule has 45 heavy (non-hydrogen) atoms. The normalized spacial score (nSPS) is 15.9. The van der Waals surface area contributed by atoms with Gasteiger partial charge in [0.05, 0.1) is 18.2 Å². The largest absolute Gasteiger partial charge is 0.490 e. The number of aliphatic hydroxyl groups excluding tert-OH is 1. The second-order valence-corrected chi connectivity index (χ2v) is 9.86. The molecule has 13 nitrogen and oxygen atoms in total. The Hall–Kier alpha value is -3.77. The molecule has 0 unspecified atom stereocenters. The lowest BCUT2D eigenvalue weighted by Crippen LogP contribution is -2.41. The summed E-state index contributed by atoms with van der Waals surface area (Å²) in [5.74, 6) is -5.18. The van der Waals surface area contributed by atoms with Crippen molar-refractivity contribution >= 4 is 29.8 Å². The van der Waals surface area contributed by atoms with Crippen LogP contribution in [0.4, 0.5) is 26.3 Å². The third kappa shape index (κ3) is 18.0. The van der Waals surface area contributed by atoms with E-state index in [-0.39, 0.29) is 24.6 Å². The van der Waals surface area contributed by atoms with Gasteiger partial charge in [-0.1, -0.05) is 38.5 Å². The summed E-state index contributed by atoms with van der Waals surface area (Å²) in [6, 6.07) is -0.215. The molecule has 2 rings (SSSR count). The molecular weight excluding hydrogens is 622 g/mol. The first-order valence-electron chi connectivity index (χ1n) is 14.2. The fourth-order valence-electron chi connectivity index (χ4n) is 4.15. The highest BCUT2D eigenvalue weighted by atomic mass is 19.4. The number of fused-ring (bicyclic) bond motifs is 1. The van der Waals surface area contributed by atoms with Crippen LogP contribution in [0.5, 0.6) is 0 Å².